The van der Waals surface area contributed by atoms with Gasteiger partial charge in [-0.1, -0.05) is 19.7 Å². The summed E-state index contributed by atoms with van der Waals surface area (Å²) in [6, 6.07) is 0. The Labute approximate surface area is 192 Å². The van der Waals surface area contributed by atoms with E-state index in [0.717, 1.165) is 18.2 Å². The lowest BCUT2D eigenvalue weighted by atomic mass is 10.3. The SMILES string of the molecule is C=CC(=O)OCC(O)COCC(COC(OC(=O)C=C)C(C)O)OCC(O)COC(=O)C=C. The highest BCUT2D eigenvalue weighted by atomic mass is 16.7. The number of aliphatic hydroxyl groups is 3. The van der Waals surface area contributed by atoms with E-state index in [9.17, 15) is 29.7 Å². The maximum atomic E-state index is 11.4. The molecular formula is C21H32O12. The first-order chi connectivity index (χ1) is 15.6. The number of hydrogen-bond donors (Lipinski definition) is 3. The van der Waals surface area contributed by atoms with E-state index < -0.39 is 48.6 Å². The topological polar surface area (TPSA) is 167 Å². The largest absolute Gasteiger partial charge is 0.460 e. The van der Waals surface area contributed by atoms with Crippen molar-refractivity contribution in [3.05, 3.63) is 38.0 Å². The van der Waals surface area contributed by atoms with E-state index >= 15 is 0 Å². The van der Waals surface area contributed by atoms with Gasteiger partial charge in [0.2, 0.25) is 6.29 Å². The van der Waals surface area contributed by atoms with Gasteiger partial charge in [-0.3, -0.25) is 0 Å². The second-order valence-electron chi connectivity index (χ2n) is 6.55. The van der Waals surface area contributed by atoms with Gasteiger partial charge in [0.25, 0.3) is 0 Å². The number of esters is 3. The van der Waals surface area contributed by atoms with Crippen LogP contribution in [-0.2, 0) is 42.8 Å². The Morgan fingerprint density at radius 1 is 0.727 bits per heavy atom. The standard InChI is InChI=1S/C21H32O12/c1-5-18(25)30-10-15(23)8-28-12-17(29-9-16(24)11-31-19(26)6-2)13-32-21(14(4)22)33-20(27)7-3/h5-7,14-17,21-24H,1-3,8-13H2,4H3. The average molecular weight is 476 g/mol. The summed E-state index contributed by atoms with van der Waals surface area (Å²) in [5.74, 6) is -2.23. The second kappa shape index (κ2) is 17.9. The smallest absolute Gasteiger partial charge is 0.332 e. The Kier molecular flexibility index (Phi) is 16.5. The van der Waals surface area contributed by atoms with E-state index in [4.69, 9.17) is 23.7 Å². The van der Waals surface area contributed by atoms with Crippen LogP contribution in [0.3, 0.4) is 0 Å². The van der Waals surface area contributed by atoms with E-state index in [1.54, 1.807) is 0 Å². The Balaban J connectivity index is 4.78. The molecule has 0 aromatic heterocycles. The summed E-state index contributed by atoms with van der Waals surface area (Å²) in [4.78, 5) is 33.5. The number of aliphatic hydroxyl groups excluding tert-OH is 3. The fourth-order valence-corrected chi connectivity index (χ4v) is 1.93. The van der Waals surface area contributed by atoms with Crippen molar-refractivity contribution in [2.24, 2.45) is 0 Å². The summed E-state index contributed by atoms with van der Waals surface area (Å²) in [6.45, 7) is 9.47. The van der Waals surface area contributed by atoms with Gasteiger partial charge in [-0.15, -0.1) is 0 Å². The molecule has 0 saturated heterocycles. The van der Waals surface area contributed by atoms with E-state index in [-0.39, 0.29) is 39.6 Å². The molecule has 0 aliphatic rings. The van der Waals surface area contributed by atoms with Crippen molar-refractivity contribution in [1.82, 2.24) is 0 Å². The van der Waals surface area contributed by atoms with E-state index in [1.165, 1.54) is 6.92 Å². The maximum absolute atomic E-state index is 11.4. The molecule has 12 heteroatoms. The quantitative estimate of drug-likeness (QED) is 0.0903. The highest BCUT2D eigenvalue weighted by molar-refractivity contribution is 5.81. The maximum Gasteiger partial charge on any atom is 0.332 e. The third-order valence-electron chi connectivity index (χ3n) is 3.55. The average Bonchev–Trinajstić information content (AvgIpc) is 2.80. The molecule has 5 unspecified atom stereocenters. The van der Waals surface area contributed by atoms with Crippen LogP contribution in [0.1, 0.15) is 6.92 Å². The van der Waals surface area contributed by atoms with Crippen LogP contribution < -0.4 is 0 Å². The van der Waals surface area contributed by atoms with Crippen molar-refractivity contribution in [3.63, 3.8) is 0 Å². The number of hydrogen-bond acceptors (Lipinski definition) is 12. The van der Waals surface area contributed by atoms with Crippen molar-refractivity contribution in [2.45, 2.75) is 37.6 Å². The summed E-state index contributed by atoms with van der Waals surface area (Å²) < 4.78 is 30.5. The van der Waals surface area contributed by atoms with E-state index in [0.29, 0.717) is 0 Å². The van der Waals surface area contributed by atoms with E-state index in [2.05, 4.69) is 24.5 Å². The molecule has 33 heavy (non-hydrogen) atoms. The van der Waals surface area contributed by atoms with Gasteiger partial charge in [-0.2, -0.15) is 0 Å². The molecule has 0 amide bonds. The van der Waals surface area contributed by atoms with Gasteiger partial charge in [0, 0.05) is 18.2 Å². The zero-order valence-electron chi connectivity index (χ0n) is 18.5. The summed E-state index contributed by atoms with van der Waals surface area (Å²) in [6.07, 6.45) is -2.88. The highest BCUT2D eigenvalue weighted by Gasteiger charge is 2.23. The van der Waals surface area contributed by atoms with Crippen LogP contribution in [0, 0.1) is 0 Å². The predicted molar refractivity (Wildman–Crippen MR) is 113 cm³/mol. The monoisotopic (exact) mass is 476 g/mol. The van der Waals surface area contributed by atoms with Crippen molar-refractivity contribution in [2.75, 3.05) is 39.6 Å². The first kappa shape index (κ1) is 30.4. The molecule has 0 spiro atoms. The van der Waals surface area contributed by atoms with Crippen LogP contribution in [-0.4, -0.2) is 104 Å². The molecule has 0 bridgehead atoms. The van der Waals surface area contributed by atoms with Gasteiger partial charge in [-0.05, 0) is 6.92 Å². The zero-order chi connectivity index (χ0) is 25.2. The molecule has 3 N–H and O–H groups in total. The molecule has 0 saturated carbocycles. The minimum Gasteiger partial charge on any atom is -0.460 e. The Hall–Kier alpha value is -2.61. The van der Waals surface area contributed by atoms with Crippen molar-refractivity contribution >= 4 is 17.9 Å². The van der Waals surface area contributed by atoms with Crippen molar-refractivity contribution < 1.29 is 58.1 Å². The molecular weight excluding hydrogens is 444 g/mol. The number of rotatable bonds is 19. The highest BCUT2D eigenvalue weighted by Crippen LogP contribution is 2.07. The van der Waals surface area contributed by atoms with E-state index in [1.807, 2.05) is 0 Å². The first-order valence-electron chi connectivity index (χ1n) is 9.89. The van der Waals surface area contributed by atoms with Crippen molar-refractivity contribution in [3.8, 4) is 0 Å². The Morgan fingerprint density at radius 2 is 1.24 bits per heavy atom. The number of ether oxygens (including phenoxy) is 6. The van der Waals surface area contributed by atoms with Gasteiger partial charge >= 0.3 is 17.9 Å². The van der Waals surface area contributed by atoms with Crippen LogP contribution in [0.2, 0.25) is 0 Å². The van der Waals surface area contributed by atoms with Gasteiger partial charge in [-0.25, -0.2) is 14.4 Å². The Morgan fingerprint density at radius 3 is 1.73 bits per heavy atom. The predicted octanol–water partition coefficient (Wildman–Crippen LogP) is -0.979. The fraction of sp³-hybridized carbons (Fsp3) is 0.571. The fourth-order valence-electron chi connectivity index (χ4n) is 1.93. The second-order valence-corrected chi connectivity index (χ2v) is 6.55. The summed E-state index contributed by atoms with van der Waals surface area (Å²) in [5.41, 5.74) is 0. The van der Waals surface area contributed by atoms with Crippen LogP contribution in [0.4, 0.5) is 0 Å². The minimum absolute atomic E-state index is 0.159. The van der Waals surface area contributed by atoms with Gasteiger partial charge < -0.3 is 43.7 Å². The lowest BCUT2D eigenvalue weighted by Gasteiger charge is -2.25. The number of carbonyl (C=O) groups is 3. The molecule has 188 valence electrons. The molecule has 0 rings (SSSR count). The number of carbonyl (C=O) groups excluding carboxylic acids is 3. The molecule has 0 fully saturated rings. The summed E-state index contributed by atoms with van der Waals surface area (Å²) >= 11 is 0. The first-order valence-corrected chi connectivity index (χ1v) is 9.89. The van der Waals surface area contributed by atoms with Gasteiger partial charge in [0.15, 0.2) is 0 Å². The van der Waals surface area contributed by atoms with Crippen LogP contribution in [0.15, 0.2) is 38.0 Å². The molecule has 5 atom stereocenters. The zero-order valence-corrected chi connectivity index (χ0v) is 18.5. The summed E-state index contributed by atoms with van der Waals surface area (Å²) in [5, 5.41) is 29.4. The lowest BCUT2D eigenvalue weighted by molar-refractivity contribution is -0.209. The van der Waals surface area contributed by atoms with Crippen LogP contribution in [0.5, 0.6) is 0 Å². The third kappa shape index (κ3) is 15.8. The molecule has 0 aliphatic heterocycles. The van der Waals surface area contributed by atoms with Gasteiger partial charge in [0.1, 0.15) is 37.6 Å². The van der Waals surface area contributed by atoms with Crippen LogP contribution >= 0.6 is 0 Å². The molecule has 0 heterocycles. The molecule has 12 nitrogen and oxygen atoms in total. The molecule has 0 aromatic rings. The lowest BCUT2D eigenvalue weighted by Crippen LogP contribution is -2.38. The molecule has 0 radical (unpaired) electrons. The normalized spacial score (nSPS) is 15.3. The van der Waals surface area contributed by atoms with Gasteiger partial charge in [0.05, 0.1) is 26.4 Å². The minimum atomic E-state index is -1.33. The Bertz CT molecular complexity index is 633. The molecule has 0 aromatic carbocycles. The third-order valence-corrected chi connectivity index (χ3v) is 3.55. The summed E-state index contributed by atoms with van der Waals surface area (Å²) in [7, 11) is 0. The van der Waals surface area contributed by atoms with Crippen LogP contribution in [0.25, 0.3) is 0 Å². The van der Waals surface area contributed by atoms with Crippen molar-refractivity contribution in [1.29, 1.82) is 0 Å². The molecule has 0 aliphatic carbocycles.